The molecule has 0 amide bonds. The van der Waals surface area contributed by atoms with E-state index in [9.17, 15) is 0 Å². The molecule has 0 radical (unpaired) electrons. The Morgan fingerprint density at radius 1 is 1.19 bits per heavy atom. The minimum absolute atomic E-state index is 0.217. The molecule has 4 rings (SSSR count). The molecule has 6 heteroatoms. The van der Waals surface area contributed by atoms with E-state index in [-0.39, 0.29) is 6.04 Å². The molecule has 1 N–H and O–H groups in total. The number of hydrogen-bond acceptors (Lipinski definition) is 5. The molecule has 0 saturated carbocycles. The van der Waals surface area contributed by atoms with Gasteiger partial charge >= 0.3 is 0 Å². The summed E-state index contributed by atoms with van der Waals surface area (Å²) in [7, 11) is 0. The van der Waals surface area contributed by atoms with Crippen molar-refractivity contribution in [2.24, 2.45) is 0 Å². The second-order valence-electron chi connectivity index (χ2n) is 6.83. The molecule has 0 fully saturated rings. The van der Waals surface area contributed by atoms with E-state index in [1.165, 1.54) is 16.7 Å². The van der Waals surface area contributed by atoms with Crippen molar-refractivity contribution in [1.82, 2.24) is 20.2 Å². The fourth-order valence-corrected chi connectivity index (χ4v) is 3.36. The van der Waals surface area contributed by atoms with Crippen molar-refractivity contribution in [3.63, 3.8) is 0 Å². The molecule has 0 aliphatic carbocycles. The topological polar surface area (TPSA) is 64.9 Å². The van der Waals surface area contributed by atoms with Crippen LogP contribution < -0.4 is 5.32 Å². The highest BCUT2D eigenvalue weighted by molar-refractivity contribution is 5.62. The molecule has 0 bridgehead atoms. The van der Waals surface area contributed by atoms with Gasteiger partial charge in [0.25, 0.3) is 0 Å². The number of tetrazole rings is 1. The van der Waals surface area contributed by atoms with Gasteiger partial charge in [0.1, 0.15) is 0 Å². The fraction of sp³-hybridized carbons (Fsp3) is 0.350. The van der Waals surface area contributed by atoms with Crippen molar-refractivity contribution in [3.05, 3.63) is 59.2 Å². The van der Waals surface area contributed by atoms with Crippen LogP contribution in [0, 0.1) is 0 Å². The Labute approximate surface area is 153 Å². The van der Waals surface area contributed by atoms with E-state index in [4.69, 9.17) is 4.74 Å². The van der Waals surface area contributed by atoms with E-state index in [2.05, 4.69) is 65.0 Å². The lowest BCUT2D eigenvalue weighted by Gasteiger charge is -2.20. The van der Waals surface area contributed by atoms with Gasteiger partial charge in [0, 0.05) is 17.8 Å². The van der Waals surface area contributed by atoms with Crippen LogP contribution in [-0.4, -0.2) is 26.8 Å². The van der Waals surface area contributed by atoms with E-state index >= 15 is 0 Å². The number of nitrogens with one attached hydrogen (secondary N) is 1. The van der Waals surface area contributed by atoms with Crippen LogP contribution in [0.25, 0.3) is 11.4 Å². The summed E-state index contributed by atoms with van der Waals surface area (Å²) in [5.41, 5.74) is 6.14. The fourth-order valence-electron chi connectivity index (χ4n) is 3.36. The zero-order valence-electron chi connectivity index (χ0n) is 15.1. The number of fused-ring (bicyclic) bond motifs is 1. The monoisotopic (exact) mass is 349 g/mol. The van der Waals surface area contributed by atoms with E-state index in [1.54, 1.807) is 0 Å². The Morgan fingerprint density at radius 3 is 2.96 bits per heavy atom. The zero-order valence-corrected chi connectivity index (χ0v) is 15.1. The molecule has 26 heavy (non-hydrogen) atoms. The predicted octanol–water partition coefficient (Wildman–Crippen LogP) is 3.61. The van der Waals surface area contributed by atoms with Gasteiger partial charge in [0.15, 0.2) is 5.82 Å². The number of nitrogens with zero attached hydrogens (tertiary/aromatic N) is 4. The van der Waals surface area contributed by atoms with E-state index in [1.807, 2.05) is 16.8 Å². The number of aromatic nitrogens is 4. The first-order valence-electron chi connectivity index (χ1n) is 9.02. The highest BCUT2D eigenvalue weighted by Gasteiger charge is 2.14. The third-order valence-corrected chi connectivity index (χ3v) is 4.71. The standard InChI is InChI=1S/C20H23N5O/c1-14(2)25-20(22-23-24-25)15-5-4-8-18(11-15)21-12-16-6-3-7-17-13-26-10-9-19(16)17/h3-8,11,14,21H,9-10,12-13H2,1-2H3. The Morgan fingerprint density at radius 2 is 2.08 bits per heavy atom. The van der Waals surface area contributed by atoms with Crippen LogP contribution in [0.15, 0.2) is 42.5 Å². The SMILES string of the molecule is CC(C)n1nnnc1-c1cccc(NCc2cccc3c2CCOC3)c1. The highest BCUT2D eigenvalue weighted by Crippen LogP contribution is 2.24. The van der Waals surface area contributed by atoms with Gasteiger partial charge in [-0.15, -0.1) is 5.10 Å². The normalized spacial score (nSPS) is 13.7. The second-order valence-corrected chi connectivity index (χ2v) is 6.83. The molecular formula is C20H23N5O. The first-order valence-corrected chi connectivity index (χ1v) is 9.02. The number of ether oxygens (including phenoxy) is 1. The van der Waals surface area contributed by atoms with Crippen LogP contribution in [0.4, 0.5) is 5.69 Å². The molecule has 0 atom stereocenters. The molecule has 134 valence electrons. The van der Waals surface area contributed by atoms with Crippen LogP contribution in [-0.2, 0) is 24.3 Å². The maximum atomic E-state index is 5.56. The van der Waals surface area contributed by atoms with Gasteiger partial charge in [-0.3, -0.25) is 0 Å². The first kappa shape index (κ1) is 16.7. The van der Waals surface area contributed by atoms with E-state index in [0.29, 0.717) is 0 Å². The number of hydrogen-bond donors (Lipinski definition) is 1. The maximum Gasteiger partial charge on any atom is 0.182 e. The summed E-state index contributed by atoms with van der Waals surface area (Å²) >= 11 is 0. The highest BCUT2D eigenvalue weighted by atomic mass is 16.5. The van der Waals surface area contributed by atoms with Gasteiger partial charge in [0.05, 0.1) is 19.3 Å². The van der Waals surface area contributed by atoms with Crippen LogP contribution in [0.3, 0.4) is 0 Å². The maximum absolute atomic E-state index is 5.56. The molecule has 6 nitrogen and oxygen atoms in total. The number of anilines is 1. The summed E-state index contributed by atoms with van der Waals surface area (Å²) in [4.78, 5) is 0. The molecule has 1 aromatic heterocycles. The van der Waals surface area contributed by atoms with Crippen molar-refractivity contribution in [2.75, 3.05) is 11.9 Å². The third-order valence-electron chi connectivity index (χ3n) is 4.71. The van der Waals surface area contributed by atoms with Crippen molar-refractivity contribution in [2.45, 2.75) is 39.5 Å². The minimum atomic E-state index is 0.217. The molecule has 3 aromatic rings. The molecule has 1 aliphatic heterocycles. The van der Waals surface area contributed by atoms with Crippen molar-refractivity contribution < 1.29 is 4.74 Å². The van der Waals surface area contributed by atoms with Crippen LogP contribution in [0.2, 0.25) is 0 Å². The Kier molecular flexibility index (Phi) is 4.67. The van der Waals surface area contributed by atoms with E-state index < -0.39 is 0 Å². The molecular weight excluding hydrogens is 326 g/mol. The zero-order chi connectivity index (χ0) is 17.9. The van der Waals surface area contributed by atoms with E-state index in [0.717, 1.165) is 43.3 Å². The van der Waals surface area contributed by atoms with Crippen molar-refractivity contribution in [3.8, 4) is 11.4 Å². The van der Waals surface area contributed by atoms with Gasteiger partial charge < -0.3 is 10.1 Å². The van der Waals surface area contributed by atoms with Gasteiger partial charge in [-0.1, -0.05) is 30.3 Å². The second kappa shape index (κ2) is 7.25. The summed E-state index contributed by atoms with van der Waals surface area (Å²) in [6.45, 7) is 6.46. The quantitative estimate of drug-likeness (QED) is 0.762. The minimum Gasteiger partial charge on any atom is -0.381 e. The molecule has 2 heterocycles. The lowest BCUT2D eigenvalue weighted by molar-refractivity contribution is 0.110. The van der Waals surface area contributed by atoms with Crippen LogP contribution in [0.5, 0.6) is 0 Å². The van der Waals surface area contributed by atoms with Crippen molar-refractivity contribution >= 4 is 5.69 Å². The Hall–Kier alpha value is -2.73. The molecule has 1 aliphatic rings. The lowest BCUT2D eigenvalue weighted by atomic mass is 9.97. The molecule has 2 aromatic carbocycles. The van der Waals surface area contributed by atoms with Crippen LogP contribution >= 0.6 is 0 Å². The summed E-state index contributed by atoms with van der Waals surface area (Å²) in [5.74, 6) is 0.790. The summed E-state index contributed by atoms with van der Waals surface area (Å²) < 4.78 is 7.40. The average molecular weight is 349 g/mol. The Balaban J connectivity index is 1.54. The summed E-state index contributed by atoms with van der Waals surface area (Å²) in [6, 6.07) is 14.9. The van der Waals surface area contributed by atoms with Gasteiger partial charge in [-0.05, 0) is 59.5 Å². The van der Waals surface area contributed by atoms with Gasteiger partial charge in [-0.25, -0.2) is 4.68 Å². The predicted molar refractivity (Wildman–Crippen MR) is 101 cm³/mol. The van der Waals surface area contributed by atoms with Crippen molar-refractivity contribution in [1.29, 1.82) is 0 Å². The smallest absolute Gasteiger partial charge is 0.182 e. The van der Waals surface area contributed by atoms with Gasteiger partial charge in [0.2, 0.25) is 0 Å². The van der Waals surface area contributed by atoms with Crippen LogP contribution in [0.1, 0.15) is 36.6 Å². The molecule has 0 spiro atoms. The third kappa shape index (κ3) is 3.32. The number of benzene rings is 2. The van der Waals surface area contributed by atoms with Gasteiger partial charge in [-0.2, -0.15) is 0 Å². The average Bonchev–Trinajstić information content (AvgIpc) is 3.17. The first-order chi connectivity index (χ1) is 12.7. The largest absolute Gasteiger partial charge is 0.381 e. The Bertz CT molecular complexity index is 903. The summed E-state index contributed by atoms with van der Waals surface area (Å²) in [5, 5.41) is 15.6. The molecule has 0 unspecified atom stereocenters. The summed E-state index contributed by atoms with van der Waals surface area (Å²) in [6.07, 6.45) is 0.983. The lowest BCUT2D eigenvalue weighted by Crippen LogP contribution is -2.14. The molecule has 0 saturated heterocycles. The number of rotatable bonds is 5.